The van der Waals surface area contributed by atoms with Crippen molar-refractivity contribution >= 4 is 14.3 Å². The monoisotopic (exact) mass is 348 g/mol. The number of rotatable bonds is 5. The van der Waals surface area contributed by atoms with Gasteiger partial charge < -0.3 is 9.53 Å². The first-order valence-corrected chi connectivity index (χ1v) is 12.0. The Balaban J connectivity index is 1.95. The fourth-order valence-electron chi connectivity index (χ4n) is 3.20. The fraction of sp³-hybridized carbons (Fsp3) is 0.650. The molecular weight excluding hydrogens is 316 g/mol. The number of carboxylic acid groups (broad SMARTS) is 1. The predicted molar refractivity (Wildman–Crippen MR) is 101 cm³/mol. The summed E-state index contributed by atoms with van der Waals surface area (Å²) in [5.74, 6) is 1.24. The van der Waals surface area contributed by atoms with Gasteiger partial charge in [0.05, 0.1) is 0 Å². The first-order valence-electron chi connectivity index (χ1n) is 9.09. The van der Waals surface area contributed by atoms with Crippen LogP contribution in [0, 0.1) is 5.92 Å². The lowest BCUT2D eigenvalue weighted by atomic mass is 9.77. The first kappa shape index (κ1) is 19.0. The average molecular weight is 349 g/mol. The third-order valence-corrected chi connectivity index (χ3v) is 10.2. The van der Waals surface area contributed by atoms with Gasteiger partial charge in [-0.2, -0.15) is 0 Å². The Morgan fingerprint density at radius 3 is 2.12 bits per heavy atom. The van der Waals surface area contributed by atoms with E-state index in [0.29, 0.717) is 18.3 Å². The van der Waals surface area contributed by atoms with E-state index in [1.165, 1.54) is 5.56 Å². The predicted octanol–water partition coefficient (Wildman–Crippen LogP) is 5.82. The van der Waals surface area contributed by atoms with Crippen molar-refractivity contribution in [3.63, 3.8) is 0 Å². The van der Waals surface area contributed by atoms with Crippen LogP contribution in [0.2, 0.25) is 18.1 Å². The highest BCUT2D eigenvalue weighted by molar-refractivity contribution is 6.74. The molecule has 0 spiro atoms. The van der Waals surface area contributed by atoms with E-state index in [1.54, 1.807) is 0 Å². The van der Waals surface area contributed by atoms with E-state index in [9.17, 15) is 4.79 Å². The number of carbonyl (C=O) groups is 1. The molecule has 4 heteroatoms. The van der Waals surface area contributed by atoms with Crippen LogP contribution in [0.15, 0.2) is 24.3 Å². The number of aliphatic carboxylic acids is 1. The second-order valence-electron chi connectivity index (χ2n) is 8.75. The molecule has 0 radical (unpaired) electrons. The van der Waals surface area contributed by atoms with E-state index in [-0.39, 0.29) is 5.04 Å². The van der Waals surface area contributed by atoms with Gasteiger partial charge in [0.2, 0.25) is 8.32 Å². The van der Waals surface area contributed by atoms with E-state index < -0.39 is 14.3 Å². The van der Waals surface area contributed by atoms with Gasteiger partial charge in [-0.25, -0.2) is 0 Å². The summed E-state index contributed by atoms with van der Waals surface area (Å²) in [7, 11) is -1.78. The molecule has 0 atom stereocenters. The van der Waals surface area contributed by atoms with Gasteiger partial charge in [0.15, 0.2) is 0 Å². The second-order valence-corrected chi connectivity index (χ2v) is 13.5. The fourth-order valence-corrected chi connectivity index (χ4v) is 4.23. The summed E-state index contributed by atoms with van der Waals surface area (Å²) in [5.41, 5.74) is 1.37. The van der Waals surface area contributed by atoms with Crippen LogP contribution >= 0.6 is 0 Å². The van der Waals surface area contributed by atoms with E-state index >= 15 is 0 Å². The Hall–Kier alpha value is -1.29. The maximum atomic E-state index is 10.8. The molecule has 1 N–H and O–H groups in total. The van der Waals surface area contributed by atoms with Crippen LogP contribution in [-0.4, -0.2) is 19.4 Å². The average Bonchev–Trinajstić information content (AvgIpc) is 2.47. The van der Waals surface area contributed by atoms with Gasteiger partial charge >= 0.3 is 5.97 Å². The third-order valence-electron chi connectivity index (χ3n) is 5.84. The van der Waals surface area contributed by atoms with E-state index in [4.69, 9.17) is 9.53 Å². The minimum atomic E-state index is -1.78. The Morgan fingerprint density at radius 1 is 1.12 bits per heavy atom. The highest BCUT2D eigenvalue weighted by Gasteiger charge is 2.39. The van der Waals surface area contributed by atoms with Crippen molar-refractivity contribution in [3.8, 4) is 5.75 Å². The molecule has 1 saturated carbocycles. The van der Waals surface area contributed by atoms with Crippen molar-refractivity contribution in [3.05, 3.63) is 29.8 Å². The third kappa shape index (κ3) is 4.85. The molecule has 1 aromatic carbocycles. The maximum Gasteiger partial charge on any atom is 0.303 e. The smallest absolute Gasteiger partial charge is 0.303 e. The lowest BCUT2D eigenvalue weighted by molar-refractivity contribution is -0.138. The molecule has 1 aliphatic carbocycles. The minimum Gasteiger partial charge on any atom is -0.544 e. The SMILES string of the molecule is CC(C)(C)[Si](C)(C)Oc1ccc(C2CCC(CC(=O)O)CC2)cc1. The summed E-state index contributed by atoms with van der Waals surface area (Å²) in [5, 5.41) is 9.12. The summed E-state index contributed by atoms with van der Waals surface area (Å²) in [6, 6.07) is 8.62. The van der Waals surface area contributed by atoms with Gasteiger partial charge in [0.1, 0.15) is 5.75 Å². The largest absolute Gasteiger partial charge is 0.544 e. The highest BCUT2D eigenvalue weighted by Crippen LogP contribution is 2.39. The summed E-state index contributed by atoms with van der Waals surface area (Å²) in [6.45, 7) is 11.3. The molecule has 0 amide bonds. The van der Waals surface area contributed by atoms with Gasteiger partial charge in [0.25, 0.3) is 0 Å². The highest BCUT2D eigenvalue weighted by atomic mass is 28.4. The zero-order chi connectivity index (χ0) is 18.0. The number of benzene rings is 1. The van der Waals surface area contributed by atoms with Crippen molar-refractivity contribution in [2.75, 3.05) is 0 Å². The Morgan fingerprint density at radius 2 is 1.67 bits per heavy atom. The van der Waals surface area contributed by atoms with Crippen LogP contribution in [0.3, 0.4) is 0 Å². The zero-order valence-corrected chi connectivity index (χ0v) is 16.8. The quantitative estimate of drug-likeness (QED) is 0.682. The lowest BCUT2D eigenvalue weighted by Gasteiger charge is -2.36. The molecule has 0 aromatic heterocycles. The van der Waals surface area contributed by atoms with E-state index in [2.05, 4.69) is 58.1 Å². The summed E-state index contributed by atoms with van der Waals surface area (Å²) in [6.07, 6.45) is 4.57. The molecule has 134 valence electrons. The first-order chi connectivity index (χ1) is 11.1. The van der Waals surface area contributed by atoms with E-state index in [0.717, 1.165) is 31.4 Å². The molecule has 24 heavy (non-hydrogen) atoms. The minimum absolute atomic E-state index is 0.203. The molecule has 1 fully saturated rings. The molecule has 0 saturated heterocycles. The van der Waals surface area contributed by atoms with Gasteiger partial charge in [-0.15, -0.1) is 0 Å². The summed E-state index contributed by atoms with van der Waals surface area (Å²) < 4.78 is 6.34. The zero-order valence-electron chi connectivity index (χ0n) is 15.8. The van der Waals surface area contributed by atoms with E-state index in [1.807, 2.05) is 0 Å². The normalized spacial score (nSPS) is 22.2. The number of carboxylic acids is 1. The van der Waals surface area contributed by atoms with Crippen molar-refractivity contribution in [2.45, 2.75) is 76.9 Å². The molecule has 1 aromatic rings. The van der Waals surface area contributed by atoms with Crippen LogP contribution in [0.25, 0.3) is 0 Å². The van der Waals surface area contributed by atoms with Gasteiger partial charge in [-0.3, -0.25) is 4.79 Å². The summed E-state index contributed by atoms with van der Waals surface area (Å²) >= 11 is 0. The molecule has 0 bridgehead atoms. The van der Waals surface area contributed by atoms with Gasteiger partial charge in [-0.1, -0.05) is 32.9 Å². The molecule has 0 aliphatic heterocycles. The molecule has 1 aliphatic rings. The molecular formula is C20H32O3Si. The molecule has 3 nitrogen and oxygen atoms in total. The molecule has 2 rings (SSSR count). The van der Waals surface area contributed by atoms with Crippen LogP contribution in [0.5, 0.6) is 5.75 Å². The Labute approximate surface area is 147 Å². The topological polar surface area (TPSA) is 46.5 Å². The van der Waals surface area contributed by atoms with Crippen molar-refractivity contribution in [1.82, 2.24) is 0 Å². The lowest BCUT2D eigenvalue weighted by Crippen LogP contribution is -2.43. The van der Waals surface area contributed by atoms with Crippen LogP contribution in [0.4, 0.5) is 0 Å². The standard InChI is InChI=1S/C20H32O3Si/c1-20(2,3)24(4,5)23-18-12-10-17(11-13-18)16-8-6-15(7-9-16)14-19(21)22/h10-13,15-16H,6-9,14H2,1-5H3,(H,21,22). The van der Waals surface area contributed by atoms with Crippen molar-refractivity contribution < 1.29 is 14.3 Å². The van der Waals surface area contributed by atoms with Gasteiger partial charge in [0, 0.05) is 6.42 Å². The molecule has 0 unspecified atom stereocenters. The number of hydrogen-bond acceptors (Lipinski definition) is 2. The Kier molecular flexibility index (Phi) is 5.79. The van der Waals surface area contributed by atoms with Gasteiger partial charge in [-0.05, 0) is 73.3 Å². The Bertz CT molecular complexity index is 549. The van der Waals surface area contributed by atoms with Crippen molar-refractivity contribution in [1.29, 1.82) is 0 Å². The number of hydrogen-bond donors (Lipinski definition) is 1. The molecule has 0 heterocycles. The van der Waals surface area contributed by atoms with Crippen molar-refractivity contribution in [2.24, 2.45) is 5.92 Å². The van der Waals surface area contributed by atoms with Crippen LogP contribution in [0.1, 0.15) is 64.4 Å². The second kappa shape index (κ2) is 7.30. The van der Waals surface area contributed by atoms with Crippen LogP contribution in [-0.2, 0) is 4.79 Å². The maximum absolute atomic E-state index is 10.8. The summed E-state index contributed by atoms with van der Waals surface area (Å²) in [4.78, 5) is 10.8. The van der Waals surface area contributed by atoms with Crippen LogP contribution < -0.4 is 4.43 Å².